The first-order valence-electron chi connectivity index (χ1n) is 6.23. The fourth-order valence-corrected chi connectivity index (χ4v) is 1.98. The van der Waals surface area contributed by atoms with Gasteiger partial charge in [-0.15, -0.1) is 0 Å². The molecule has 0 atom stereocenters. The Morgan fingerprint density at radius 3 is 2.71 bits per heavy atom. The van der Waals surface area contributed by atoms with Crippen LogP contribution in [0.4, 0.5) is 10.1 Å². The van der Waals surface area contributed by atoms with Gasteiger partial charge in [0.15, 0.2) is 0 Å². The molecule has 4 nitrogen and oxygen atoms in total. The Labute approximate surface area is 118 Å². The summed E-state index contributed by atoms with van der Waals surface area (Å²) in [5.74, 6) is -0.880. The van der Waals surface area contributed by atoms with Crippen molar-refractivity contribution >= 4 is 22.6 Å². The Bertz CT molecular complexity index is 886. The number of amides is 1. The summed E-state index contributed by atoms with van der Waals surface area (Å²) in [5.41, 5.74) is 0.769. The van der Waals surface area contributed by atoms with Gasteiger partial charge < -0.3 is 9.73 Å². The number of fused-ring (bicyclic) bond motifs is 1. The van der Waals surface area contributed by atoms with Gasteiger partial charge in [-0.25, -0.2) is 9.18 Å². The number of nitrogens with one attached hydrogen (secondary N) is 1. The standard InChI is InChI=1S/C16H10FNO3/c17-12-3-1-2-11(8-12)16(20)18-13-5-6-14-10(9-13)4-7-15(19)21-14/h1-9H,(H,18,20). The molecule has 3 aromatic rings. The topological polar surface area (TPSA) is 59.3 Å². The molecule has 21 heavy (non-hydrogen) atoms. The van der Waals surface area contributed by atoms with Gasteiger partial charge >= 0.3 is 5.63 Å². The molecule has 0 spiro atoms. The van der Waals surface area contributed by atoms with Crippen molar-refractivity contribution in [1.29, 1.82) is 0 Å². The zero-order valence-electron chi connectivity index (χ0n) is 10.8. The van der Waals surface area contributed by atoms with E-state index in [2.05, 4.69) is 5.32 Å². The molecule has 0 unspecified atom stereocenters. The van der Waals surface area contributed by atoms with Crippen molar-refractivity contribution in [3.63, 3.8) is 0 Å². The number of halogens is 1. The van der Waals surface area contributed by atoms with Gasteiger partial charge in [0.05, 0.1) is 0 Å². The zero-order chi connectivity index (χ0) is 14.8. The third kappa shape index (κ3) is 2.81. The molecule has 0 saturated heterocycles. The summed E-state index contributed by atoms with van der Waals surface area (Å²) in [6, 6.07) is 13.2. The van der Waals surface area contributed by atoms with E-state index in [1.165, 1.54) is 24.3 Å². The summed E-state index contributed by atoms with van der Waals surface area (Å²) in [6.07, 6.45) is 0. The molecule has 2 aromatic carbocycles. The minimum atomic E-state index is -0.470. The minimum absolute atomic E-state index is 0.231. The molecule has 0 aliphatic carbocycles. The maximum Gasteiger partial charge on any atom is 0.336 e. The predicted octanol–water partition coefficient (Wildman–Crippen LogP) is 3.18. The average molecular weight is 283 g/mol. The van der Waals surface area contributed by atoms with Crippen LogP contribution in [0.3, 0.4) is 0 Å². The highest BCUT2D eigenvalue weighted by Crippen LogP contribution is 2.18. The molecular formula is C16H10FNO3. The molecule has 3 rings (SSSR count). The Kier molecular flexibility index (Phi) is 3.23. The second-order valence-corrected chi connectivity index (χ2v) is 4.47. The summed E-state index contributed by atoms with van der Waals surface area (Å²) < 4.78 is 18.1. The minimum Gasteiger partial charge on any atom is -0.423 e. The fraction of sp³-hybridized carbons (Fsp3) is 0. The molecule has 1 aromatic heterocycles. The molecule has 1 heterocycles. The average Bonchev–Trinajstić information content (AvgIpc) is 2.47. The quantitative estimate of drug-likeness (QED) is 0.735. The van der Waals surface area contributed by atoms with E-state index in [-0.39, 0.29) is 5.56 Å². The van der Waals surface area contributed by atoms with Gasteiger partial charge in [0.25, 0.3) is 5.91 Å². The molecule has 1 amide bonds. The van der Waals surface area contributed by atoms with E-state index in [0.29, 0.717) is 16.7 Å². The summed E-state index contributed by atoms with van der Waals surface area (Å²) >= 11 is 0. The van der Waals surface area contributed by atoms with Crippen molar-refractivity contribution in [2.45, 2.75) is 0 Å². The zero-order valence-corrected chi connectivity index (χ0v) is 10.8. The van der Waals surface area contributed by atoms with E-state index in [0.717, 1.165) is 6.07 Å². The van der Waals surface area contributed by atoms with Crippen molar-refractivity contribution in [2.75, 3.05) is 5.32 Å². The number of benzene rings is 2. The van der Waals surface area contributed by atoms with Gasteiger partial charge in [0, 0.05) is 22.7 Å². The first kappa shape index (κ1) is 13.1. The Morgan fingerprint density at radius 2 is 1.90 bits per heavy atom. The molecule has 0 fully saturated rings. The lowest BCUT2D eigenvalue weighted by atomic mass is 10.2. The third-order valence-electron chi connectivity index (χ3n) is 2.96. The van der Waals surface area contributed by atoms with Crippen LogP contribution in [-0.2, 0) is 0 Å². The van der Waals surface area contributed by atoms with Crippen molar-refractivity contribution in [2.24, 2.45) is 0 Å². The van der Waals surface area contributed by atoms with Crippen LogP contribution in [0.25, 0.3) is 11.0 Å². The van der Waals surface area contributed by atoms with Gasteiger partial charge in [-0.1, -0.05) is 6.07 Å². The van der Waals surface area contributed by atoms with Crippen molar-refractivity contribution in [1.82, 2.24) is 0 Å². The van der Waals surface area contributed by atoms with Crippen LogP contribution in [0, 0.1) is 5.82 Å². The number of rotatable bonds is 2. The van der Waals surface area contributed by atoms with E-state index >= 15 is 0 Å². The molecule has 0 saturated carbocycles. The molecule has 0 aliphatic rings. The number of carbonyl (C=O) groups is 1. The van der Waals surface area contributed by atoms with Gasteiger partial charge in [0.2, 0.25) is 0 Å². The van der Waals surface area contributed by atoms with Crippen LogP contribution in [0.1, 0.15) is 10.4 Å². The largest absolute Gasteiger partial charge is 0.423 e. The van der Waals surface area contributed by atoms with E-state index in [1.54, 1.807) is 24.3 Å². The van der Waals surface area contributed by atoms with Gasteiger partial charge in [-0.05, 0) is 42.5 Å². The normalized spacial score (nSPS) is 10.5. The van der Waals surface area contributed by atoms with E-state index in [4.69, 9.17) is 4.42 Å². The maximum absolute atomic E-state index is 13.1. The lowest BCUT2D eigenvalue weighted by Crippen LogP contribution is -2.12. The molecule has 104 valence electrons. The Hall–Kier alpha value is -2.95. The van der Waals surface area contributed by atoms with Gasteiger partial charge in [-0.2, -0.15) is 0 Å². The van der Waals surface area contributed by atoms with Crippen LogP contribution in [0.5, 0.6) is 0 Å². The summed E-state index contributed by atoms with van der Waals surface area (Å²) in [4.78, 5) is 23.1. The second-order valence-electron chi connectivity index (χ2n) is 4.47. The second kappa shape index (κ2) is 5.20. The van der Waals surface area contributed by atoms with Crippen LogP contribution in [0.2, 0.25) is 0 Å². The molecule has 5 heteroatoms. The van der Waals surface area contributed by atoms with Gasteiger partial charge in [0.1, 0.15) is 11.4 Å². The summed E-state index contributed by atoms with van der Waals surface area (Å²) in [7, 11) is 0. The SMILES string of the molecule is O=C(Nc1ccc2oc(=O)ccc2c1)c1cccc(F)c1. The smallest absolute Gasteiger partial charge is 0.336 e. The van der Waals surface area contributed by atoms with Crippen LogP contribution in [-0.4, -0.2) is 5.91 Å². The third-order valence-corrected chi connectivity index (χ3v) is 2.96. The van der Waals surface area contributed by atoms with Crippen LogP contribution >= 0.6 is 0 Å². The van der Waals surface area contributed by atoms with Crippen LogP contribution < -0.4 is 10.9 Å². The molecular weight excluding hydrogens is 273 g/mol. The highest BCUT2D eigenvalue weighted by atomic mass is 19.1. The fourth-order valence-electron chi connectivity index (χ4n) is 1.98. The van der Waals surface area contributed by atoms with Crippen molar-refractivity contribution in [3.8, 4) is 0 Å². The number of hydrogen-bond acceptors (Lipinski definition) is 3. The van der Waals surface area contributed by atoms with Crippen molar-refractivity contribution in [3.05, 3.63) is 76.4 Å². The molecule has 1 N–H and O–H groups in total. The summed E-state index contributed by atoms with van der Waals surface area (Å²) in [5, 5.41) is 3.35. The van der Waals surface area contributed by atoms with Crippen molar-refractivity contribution < 1.29 is 13.6 Å². The predicted molar refractivity (Wildman–Crippen MR) is 76.8 cm³/mol. The maximum atomic E-state index is 13.1. The Morgan fingerprint density at radius 1 is 1.05 bits per heavy atom. The van der Waals surface area contributed by atoms with E-state index < -0.39 is 17.3 Å². The number of hydrogen-bond donors (Lipinski definition) is 1. The highest BCUT2D eigenvalue weighted by Gasteiger charge is 2.07. The first-order valence-corrected chi connectivity index (χ1v) is 6.23. The lowest BCUT2D eigenvalue weighted by molar-refractivity contribution is 0.102. The molecule has 0 radical (unpaired) electrons. The lowest BCUT2D eigenvalue weighted by Gasteiger charge is -2.06. The van der Waals surface area contributed by atoms with Crippen LogP contribution in [0.15, 0.2) is 63.8 Å². The number of carbonyl (C=O) groups excluding carboxylic acids is 1. The summed E-state index contributed by atoms with van der Waals surface area (Å²) in [6.45, 7) is 0. The monoisotopic (exact) mass is 283 g/mol. The number of anilines is 1. The first-order chi connectivity index (χ1) is 10.1. The molecule has 0 aliphatic heterocycles. The van der Waals surface area contributed by atoms with Gasteiger partial charge in [-0.3, -0.25) is 4.79 Å². The van der Waals surface area contributed by atoms with E-state index in [1.807, 2.05) is 0 Å². The molecule has 0 bridgehead atoms. The van der Waals surface area contributed by atoms with E-state index in [9.17, 15) is 14.0 Å². The Balaban J connectivity index is 1.89. The highest BCUT2D eigenvalue weighted by molar-refractivity contribution is 6.05.